The summed E-state index contributed by atoms with van der Waals surface area (Å²) in [6, 6.07) is 0. The van der Waals surface area contributed by atoms with E-state index in [1.54, 1.807) is 6.20 Å². The summed E-state index contributed by atoms with van der Waals surface area (Å²) in [6.07, 6.45) is 4.33. The van der Waals surface area contributed by atoms with Crippen LogP contribution in [0.2, 0.25) is 0 Å². The second-order valence-electron chi connectivity index (χ2n) is 2.47. The van der Waals surface area contributed by atoms with E-state index in [-0.39, 0.29) is 0 Å². The van der Waals surface area contributed by atoms with E-state index in [1.165, 1.54) is 6.08 Å². The standard InChI is InChI=1S/C8H10N2O2S/c1-2-10-5-6(9-8(10)13)3-4-7(11)12/h3-5H,2H2,1H3,(H,9,13)(H,11,12)/b4-3+. The summed E-state index contributed by atoms with van der Waals surface area (Å²) in [7, 11) is 0. The first-order chi connectivity index (χ1) is 6.13. The Kier molecular flexibility index (Phi) is 3.02. The molecular weight excluding hydrogens is 188 g/mol. The number of aliphatic carboxylic acids is 1. The maximum absolute atomic E-state index is 10.2. The number of rotatable bonds is 3. The maximum Gasteiger partial charge on any atom is 0.328 e. The van der Waals surface area contributed by atoms with Crippen molar-refractivity contribution in [3.8, 4) is 0 Å². The highest BCUT2D eigenvalue weighted by Gasteiger charge is 1.95. The lowest BCUT2D eigenvalue weighted by atomic mass is 10.4. The minimum atomic E-state index is -0.969. The van der Waals surface area contributed by atoms with Crippen LogP contribution in [0.25, 0.3) is 6.08 Å². The number of carboxylic acids is 1. The van der Waals surface area contributed by atoms with Crippen molar-refractivity contribution < 1.29 is 9.90 Å². The van der Waals surface area contributed by atoms with Crippen molar-refractivity contribution in [1.82, 2.24) is 9.55 Å². The first-order valence-corrected chi connectivity index (χ1v) is 4.24. The molecule has 0 atom stereocenters. The van der Waals surface area contributed by atoms with Crippen molar-refractivity contribution in [1.29, 1.82) is 0 Å². The van der Waals surface area contributed by atoms with Gasteiger partial charge in [-0.2, -0.15) is 0 Å². The van der Waals surface area contributed by atoms with Gasteiger partial charge in [-0.1, -0.05) is 0 Å². The quantitative estimate of drug-likeness (QED) is 0.573. The van der Waals surface area contributed by atoms with Crippen molar-refractivity contribution in [2.24, 2.45) is 0 Å². The molecule has 0 aliphatic rings. The first-order valence-electron chi connectivity index (χ1n) is 3.84. The summed E-state index contributed by atoms with van der Waals surface area (Å²) in [5.41, 5.74) is 0.703. The van der Waals surface area contributed by atoms with Crippen LogP contribution in [-0.4, -0.2) is 20.6 Å². The van der Waals surface area contributed by atoms with E-state index < -0.39 is 5.97 Å². The first kappa shape index (κ1) is 9.73. The van der Waals surface area contributed by atoms with Gasteiger partial charge >= 0.3 is 5.97 Å². The van der Waals surface area contributed by atoms with Gasteiger partial charge in [0.05, 0.1) is 5.69 Å². The molecule has 0 bridgehead atoms. The zero-order chi connectivity index (χ0) is 9.84. The summed E-state index contributed by atoms with van der Waals surface area (Å²) in [5, 5.41) is 8.37. The molecule has 4 nitrogen and oxygen atoms in total. The van der Waals surface area contributed by atoms with Crippen LogP contribution in [0, 0.1) is 4.77 Å². The number of hydrogen-bond acceptors (Lipinski definition) is 2. The lowest BCUT2D eigenvalue weighted by molar-refractivity contribution is -0.131. The van der Waals surface area contributed by atoms with Crippen molar-refractivity contribution in [2.45, 2.75) is 13.5 Å². The zero-order valence-electron chi connectivity index (χ0n) is 7.15. The number of nitrogens with zero attached hydrogens (tertiary/aromatic N) is 1. The van der Waals surface area contributed by atoms with E-state index in [4.69, 9.17) is 17.3 Å². The Labute approximate surface area is 80.5 Å². The van der Waals surface area contributed by atoms with E-state index in [1.807, 2.05) is 11.5 Å². The molecule has 0 aliphatic carbocycles. The Morgan fingerprint density at radius 1 is 1.85 bits per heavy atom. The molecule has 13 heavy (non-hydrogen) atoms. The van der Waals surface area contributed by atoms with Crippen LogP contribution in [0.4, 0.5) is 0 Å². The molecule has 0 radical (unpaired) electrons. The summed E-state index contributed by atoms with van der Waals surface area (Å²) >= 11 is 4.98. The van der Waals surface area contributed by atoms with E-state index >= 15 is 0 Å². The number of nitrogens with one attached hydrogen (secondary N) is 1. The highest BCUT2D eigenvalue weighted by molar-refractivity contribution is 7.71. The van der Waals surface area contributed by atoms with Gasteiger partial charge in [-0.15, -0.1) is 0 Å². The third-order valence-corrected chi connectivity index (χ3v) is 1.89. The van der Waals surface area contributed by atoms with E-state index in [9.17, 15) is 4.79 Å². The van der Waals surface area contributed by atoms with E-state index in [0.29, 0.717) is 10.5 Å². The molecule has 0 spiro atoms. The summed E-state index contributed by atoms with van der Waals surface area (Å²) in [6.45, 7) is 2.74. The second-order valence-corrected chi connectivity index (χ2v) is 2.86. The van der Waals surface area contributed by atoms with Gasteiger partial charge in [-0.25, -0.2) is 4.79 Å². The molecule has 1 aromatic heterocycles. The number of H-pyrrole nitrogens is 1. The second kappa shape index (κ2) is 4.04. The molecule has 0 saturated heterocycles. The molecule has 70 valence electrons. The van der Waals surface area contributed by atoms with E-state index in [0.717, 1.165) is 12.6 Å². The number of aryl methyl sites for hydroxylation is 1. The average Bonchev–Trinajstić information content (AvgIpc) is 2.43. The van der Waals surface area contributed by atoms with Gasteiger partial charge in [-0.3, -0.25) is 0 Å². The lowest BCUT2D eigenvalue weighted by Gasteiger charge is -1.90. The lowest BCUT2D eigenvalue weighted by Crippen LogP contribution is -1.89. The number of carboxylic acid groups (broad SMARTS) is 1. The summed E-state index contributed by atoms with van der Waals surface area (Å²) in [5.74, 6) is -0.969. The predicted octanol–water partition coefficient (Wildman–Crippen LogP) is 1.66. The number of aromatic nitrogens is 2. The van der Waals surface area contributed by atoms with Gasteiger partial charge in [-0.05, 0) is 25.2 Å². The van der Waals surface area contributed by atoms with Crippen LogP contribution in [0.3, 0.4) is 0 Å². The number of aromatic amines is 1. The van der Waals surface area contributed by atoms with Gasteiger partial charge < -0.3 is 14.7 Å². The van der Waals surface area contributed by atoms with Gasteiger partial charge in [0.25, 0.3) is 0 Å². The van der Waals surface area contributed by atoms with Crippen LogP contribution < -0.4 is 0 Å². The predicted molar refractivity (Wildman–Crippen MR) is 52.0 cm³/mol. The SMILES string of the molecule is CCn1cc(/C=C/C(=O)O)[nH]c1=S. The smallest absolute Gasteiger partial charge is 0.328 e. The largest absolute Gasteiger partial charge is 0.478 e. The molecule has 0 fully saturated rings. The maximum atomic E-state index is 10.2. The Bertz CT molecular complexity index is 389. The van der Waals surface area contributed by atoms with Crippen molar-refractivity contribution in [2.75, 3.05) is 0 Å². The molecule has 0 aromatic carbocycles. The number of carbonyl (C=O) groups is 1. The minimum Gasteiger partial charge on any atom is -0.478 e. The fraction of sp³-hybridized carbons (Fsp3) is 0.250. The third-order valence-electron chi connectivity index (χ3n) is 1.55. The Morgan fingerprint density at radius 2 is 2.54 bits per heavy atom. The van der Waals surface area contributed by atoms with Crippen molar-refractivity contribution in [3.05, 3.63) is 22.7 Å². The Hall–Kier alpha value is -1.36. The Morgan fingerprint density at radius 3 is 3.00 bits per heavy atom. The molecule has 1 rings (SSSR count). The molecule has 1 aromatic rings. The van der Waals surface area contributed by atoms with Crippen LogP contribution in [-0.2, 0) is 11.3 Å². The van der Waals surface area contributed by atoms with Gasteiger partial charge in [0.15, 0.2) is 4.77 Å². The third kappa shape index (κ3) is 2.55. The van der Waals surface area contributed by atoms with Gasteiger partial charge in [0.1, 0.15) is 0 Å². The summed E-state index contributed by atoms with van der Waals surface area (Å²) < 4.78 is 2.43. The van der Waals surface area contributed by atoms with Crippen LogP contribution in [0.5, 0.6) is 0 Å². The van der Waals surface area contributed by atoms with E-state index in [2.05, 4.69) is 4.98 Å². The highest BCUT2D eigenvalue weighted by atomic mass is 32.1. The topological polar surface area (TPSA) is 58.0 Å². The normalized spacial score (nSPS) is 10.8. The molecule has 0 unspecified atom stereocenters. The van der Waals surface area contributed by atoms with Crippen LogP contribution in [0.1, 0.15) is 12.6 Å². The van der Waals surface area contributed by atoms with Gasteiger partial charge in [0.2, 0.25) is 0 Å². The molecule has 5 heteroatoms. The molecule has 0 amide bonds. The van der Waals surface area contributed by atoms with Crippen LogP contribution >= 0.6 is 12.2 Å². The highest BCUT2D eigenvalue weighted by Crippen LogP contribution is 2.00. The van der Waals surface area contributed by atoms with Crippen molar-refractivity contribution >= 4 is 24.3 Å². The van der Waals surface area contributed by atoms with Crippen LogP contribution in [0.15, 0.2) is 12.3 Å². The average molecular weight is 198 g/mol. The molecule has 2 N–H and O–H groups in total. The van der Waals surface area contributed by atoms with Gasteiger partial charge in [0, 0.05) is 18.8 Å². The number of imidazole rings is 1. The molecule has 0 aliphatic heterocycles. The summed E-state index contributed by atoms with van der Waals surface area (Å²) in [4.78, 5) is 13.1. The minimum absolute atomic E-state index is 0.604. The van der Waals surface area contributed by atoms with Crippen molar-refractivity contribution in [3.63, 3.8) is 0 Å². The fourth-order valence-corrected chi connectivity index (χ4v) is 1.23. The molecule has 0 saturated carbocycles. The molecular formula is C8H10N2O2S. The Balaban J connectivity index is 2.92. The monoisotopic (exact) mass is 198 g/mol. The number of hydrogen-bond donors (Lipinski definition) is 2. The fourth-order valence-electron chi connectivity index (χ4n) is 0.935. The molecule has 1 heterocycles. The zero-order valence-corrected chi connectivity index (χ0v) is 7.97.